The summed E-state index contributed by atoms with van der Waals surface area (Å²) in [5, 5.41) is 0.707. The van der Waals surface area contributed by atoms with Gasteiger partial charge in [0.15, 0.2) is 4.73 Å². The van der Waals surface area contributed by atoms with Gasteiger partial charge in [-0.2, -0.15) is 0 Å². The van der Waals surface area contributed by atoms with Crippen LogP contribution in [-0.4, -0.2) is 9.55 Å². The van der Waals surface area contributed by atoms with Crippen LogP contribution in [0.1, 0.15) is 12.6 Å². The first-order chi connectivity index (χ1) is 8.20. The fourth-order valence-electron chi connectivity index (χ4n) is 1.52. The zero-order valence-electron chi connectivity index (χ0n) is 9.36. The molecule has 0 atom stereocenters. The van der Waals surface area contributed by atoms with E-state index < -0.39 is 0 Å². The van der Waals surface area contributed by atoms with Crippen molar-refractivity contribution in [2.45, 2.75) is 20.1 Å². The fourth-order valence-corrected chi connectivity index (χ4v) is 2.23. The summed E-state index contributed by atoms with van der Waals surface area (Å²) in [6.07, 6.45) is 1.81. The van der Waals surface area contributed by atoms with Crippen molar-refractivity contribution in [3.8, 4) is 5.75 Å². The zero-order valence-corrected chi connectivity index (χ0v) is 11.7. The SMILES string of the molecule is CCn1c(COc2ccc(Cl)cc2)cnc1Br. The summed E-state index contributed by atoms with van der Waals surface area (Å²) >= 11 is 9.20. The van der Waals surface area contributed by atoms with Gasteiger partial charge in [0.25, 0.3) is 0 Å². The molecule has 0 bridgehead atoms. The van der Waals surface area contributed by atoms with Gasteiger partial charge in [-0.25, -0.2) is 4.98 Å². The van der Waals surface area contributed by atoms with E-state index in [1.165, 1.54) is 0 Å². The number of hydrogen-bond donors (Lipinski definition) is 0. The predicted octanol–water partition coefficient (Wildman–Crippen LogP) is 3.90. The minimum absolute atomic E-state index is 0.494. The Kier molecular flexibility index (Phi) is 4.07. The number of rotatable bonds is 4. The molecule has 2 rings (SSSR count). The molecule has 0 spiro atoms. The Labute approximate surface area is 114 Å². The molecule has 3 nitrogen and oxygen atoms in total. The summed E-state index contributed by atoms with van der Waals surface area (Å²) in [6, 6.07) is 7.32. The minimum atomic E-state index is 0.494. The molecular formula is C12H12BrClN2O. The highest BCUT2D eigenvalue weighted by Crippen LogP contribution is 2.18. The Morgan fingerprint density at radius 1 is 1.35 bits per heavy atom. The van der Waals surface area contributed by atoms with Gasteiger partial charge in [0.2, 0.25) is 0 Å². The molecular weight excluding hydrogens is 304 g/mol. The van der Waals surface area contributed by atoms with Crippen LogP contribution < -0.4 is 4.74 Å². The van der Waals surface area contributed by atoms with Crippen LogP contribution in [0.15, 0.2) is 35.2 Å². The smallest absolute Gasteiger partial charge is 0.177 e. The summed E-state index contributed by atoms with van der Waals surface area (Å²) in [6.45, 7) is 3.42. The Morgan fingerprint density at radius 2 is 2.06 bits per heavy atom. The Hall–Kier alpha value is -1.00. The Bertz CT molecular complexity index is 496. The topological polar surface area (TPSA) is 27.1 Å². The molecule has 0 unspecified atom stereocenters. The lowest BCUT2D eigenvalue weighted by Crippen LogP contribution is -2.04. The molecule has 0 saturated carbocycles. The maximum atomic E-state index is 5.80. The van der Waals surface area contributed by atoms with Crippen molar-refractivity contribution in [3.63, 3.8) is 0 Å². The van der Waals surface area contributed by atoms with Gasteiger partial charge in [0.05, 0.1) is 11.9 Å². The standard InChI is InChI=1S/C12H12BrClN2O/c1-2-16-10(7-15-12(16)13)8-17-11-5-3-9(14)4-6-11/h3-7H,2,8H2,1H3. The highest BCUT2D eigenvalue weighted by Gasteiger charge is 2.06. The monoisotopic (exact) mass is 314 g/mol. The average molecular weight is 316 g/mol. The van der Waals surface area contributed by atoms with Crippen molar-refractivity contribution >= 4 is 27.5 Å². The van der Waals surface area contributed by atoms with Gasteiger partial charge in [0.1, 0.15) is 12.4 Å². The molecule has 0 aliphatic carbocycles. The molecule has 0 amide bonds. The predicted molar refractivity (Wildman–Crippen MR) is 71.4 cm³/mol. The van der Waals surface area contributed by atoms with Gasteiger partial charge in [-0.15, -0.1) is 0 Å². The first-order valence-electron chi connectivity index (χ1n) is 5.29. The van der Waals surface area contributed by atoms with Crippen LogP contribution in [0.25, 0.3) is 0 Å². The second-order valence-corrected chi connectivity index (χ2v) is 4.65. The van der Waals surface area contributed by atoms with E-state index in [1.807, 2.05) is 30.5 Å². The van der Waals surface area contributed by atoms with Crippen molar-refractivity contribution in [1.29, 1.82) is 0 Å². The number of hydrogen-bond acceptors (Lipinski definition) is 2. The molecule has 0 aliphatic rings. The molecule has 0 N–H and O–H groups in total. The second kappa shape index (κ2) is 5.56. The van der Waals surface area contributed by atoms with Gasteiger partial charge in [-0.1, -0.05) is 11.6 Å². The van der Waals surface area contributed by atoms with E-state index in [1.54, 1.807) is 0 Å². The molecule has 2 aromatic rings. The lowest BCUT2D eigenvalue weighted by atomic mass is 10.3. The normalized spacial score (nSPS) is 10.5. The highest BCUT2D eigenvalue weighted by molar-refractivity contribution is 9.10. The zero-order chi connectivity index (χ0) is 12.3. The molecule has 1 heterocycles. The molecule has 0 fully saturated rings. The van der Waals surface area contributed by atoms with E-state index in [4.69, 9.17) is 16.3 Å². The molecule has 0 radical (unpaired) electrons. The third-order valence-electron chi connectivity index (χ3n) is 2.41. The van der Waals surface area contributed by atoms with Gasteiger partial charge in [0, 0.05) is 11.6 Å². The third-order valence-corrected chi connectivity index (χ3v) is 3.29. The van der Waals surface area contributed by atoms with Gasteiger partial charge >= 0.3 is 0 Å². The van der Waals surface area contributed by atoms with Crippen LogP contribution in [-0.2, 0) is 13.2 Å². The van der Waals surface area contributed by atoms with Crippen molar-refractivity contribution in [1.82, 2.24) is 9.55 Å². The number of ether oxygens (including phenoxy) is 1. The quantitative estimate of drug-likeness (QED) is 0.855. The second-order valence-electron chi connectivity index (χ2n) is 3.51. The van der Waals surface area contributed by atoms with Crippen molar-refractivity contribution in [2.75, 3.05) is 0 Å². The first kappa shape index (κ1) is 12.5. The van der Waals surface area contributed by atoms with Crippen molar-refractivity contribution < 1.29 is 4.74 Å². The summed E-state index contributed by atoms with van der Waals surface area (Å²) in [5.41, 5.74) is 1.04. The third kappa shape index (κ3) is 3.01. The Balaban J connectivity index is 2.04. The number of nitrogens with zero attached hydrogens (tertiary/aromatic N) is 2. The fraction of sp³-hybridized carbons (Fsp3) is 0.250. The van der Waals surface area contributed by atoms with Crippen molar-refractivity contribution in [2.24, 2.45) is 0 Å². The number of imidazole rings is 1. The molecule has 90 valence electrons. The summed E-state index contributed by atoms with van der Waals surface area (Å²) in [5.74, 6) is 0.800. The largest absolute Gasteiger partial charge is 0.487 e. The van der Waals surface area contributed by atoms with Crippen LogP contribution in [0.2, 0.25) is 5.02 Å². The van der Waals surface area contributed by atoms with Gasteiger partial charge in [-0.3, -0.25) is 0 Å². The summed E-state index contributed by atoms with van der Waals surface area (Å²) in [4.78, 5) is 4.19. The molecule has 0 aliphatic heterocycles. The first-order valence-corrected chi connectivity index (χ1v) is 6.46. The molecule has 0 saturated heterocycles. The van der Waals surface area contributed by atoms with E-state index in [2.05, 4.69) is 32.4 Å². The van der Waals surface area contributed by atoms with Crippen LogP contribution in [0, 0.1) is 0 Å². The molecule has 1 aromatic heterocycles. The summed E-state index contributed by atoms with van der Waals surface area (Å²) in [7, 11) is 0. The lowest BCUT2D eigenvalue weighted by Gasteiger charge is -2.08. The average Bonchev–Trinajstić information content (AvgIpc) is 2.69. The van der Waals surface area contributed by atoms with Crippen LogP contribution in [0.4, 0.5) is 0 Å². The summed E-state index contributed by atoms with van der Waals surface area (Å²) < 4.78 is 8.54. The Morgan fingerprint density at radius 3 is 2.71 bits per heavy atom. The minimum Gasteiger partial charge on any atom is -0.487 e. The molecule has 5 heteroatoms. The van der Waals surface area contributed by atoms with E-state index in [0.29, 0.717) is 11.6 Å². The van der Waals surface area contributed by atoms with Gasteiger partial charge < -0.3 is 9.30 Å². The maximum absolute atomic E-state index is 5.80. The van der Waals surface area contributed by atoms with E-state index >= 15 is 0 Å². The molecule has 1 aromatic carbocycles. The van der Waals surface area contributed by atoms with Gasteiger partial charge in [-0.05, 0) is 47.1 Å². The van der Waals surface area contributed by atoms with Crippen LogP contribution in [0.3, 0.4) is 0 Å². The lowest BCUT2D eigenvalue weighted by molar-refractivity contribution is 0.295. The highest BCUT2D eigenvalue weighted by atomic mass is 79.9. The van der Waals surface area contributed by atoms with E-state index in [9.17, 15) is 0 Å². The number of benzene rings is 1. The number of halogens is 2. The van der Waals surface area contributed by atoms with Crippen LogP contribution >= 0.6 is 27.5 Å². The number of aromatic nitrogens is 2. The van der Waals surface area contributed by atoms with Crippen molar-refractivity contribution in [3.05, 3.63) is 45.9 Å². The maximum Gasteiger partial charge on any atom is 0.177 e. The molecule has 17 heavy (non-hydrogen) atoms. The van der Waals surface area contributed by atoms with E-state index in [-0.39, 0.29) is 0 Å². The van der Waals surface area contributed by atoms with Crippen LogP contribution in [0.5, 0.6) is 5.75 Å². The van der Waals surface area contributed by atoms with E-state index in [0.717, 1.165) is 22.7 Å².